The first-order chi connectivity index (χ1) is 17.0. The van der Waals surface area contributed by atoms with Crippen molar-refractivity contribution in [3.05, 3.63) is 53.7 Å². The van der Waals surface area contributed by atoms with Crippen molar-refractivity contribution in [2.24, 2.45) is 5.41 Å². The second-order valence-corrected chi connectivity index (χ2v) is 10.8. The molecule has 2 aromatic rings. The summed E-state index contributed by atoms with van der Waals surface area (Å²) in [7, 11) is 0. The molecule has 3 atom stereocenters. The number of amides is 3. The number of nitrogens with zero attached hydrogens (tertiary/aromatic N) is 2. The molecule has 3 rings (SSSR count). The minimum atomic E-state index is -0.946. The molecule has 1 fully saturated rings. The van der Waals surface area contributed by atoms with Gasteiger partial charge in [-0.05, 0) is 23.5 Å². The molecule has 0 saturated carbocycles. The lowest BCUT2D eigenvalue weighted by Crippen LogP contribution is -2.57. The van der Waals surface area contributed by atoms with Gasteiger partial charge in [0.25, 0.3) is 0 Å². The Bertz CT molecular complexity index is 1090. The van der Waals surface area contributed by atoms with Crippen molar-refractivity contribution in [1.29, 1.82) is 0 Å². The third-order valence-corrected chi connectivity index (χ3v) is 6.98. The van der Waals surface area contributed by atoms with Crippen LogP contribution >= 0.6 is 11.3 Å². The van der Waals surface area contributed by atoms with E-state index in [2.05, 4.69) is 22.2 Å². The summed E-state index contributed by atoms with van der Waals surface area (Å²) in [4.78, 5) is 45.4. The minimum Gasteiger partial charge on any atom is -0.445 e. The Hall–Kier alpha value is -3.24. The van der Waals surface area contributed by atoms with Gasteiger partial charge in [0.15, 0.2) is 0 Å². The standard InChI is InChI=1S/C26H34N4O5S/c1-6-11-35-25(34)29-22(26(3,4)5)24(33)30-14-19(31)12-20(30)23(32)27-13-17-7-9-18(10-8-17)21-16(2)28-15-36-21/h6-10,15,19-20,22,31H,1,11-14H2,2-5H3,(H,27,32)(H,29,34)/t19-,20+,22-/m1/s1. The molecular formula is C26H34N4O5S. The number of alkyl carbamates (subject to hydrolysis) is 1. The van der Waals surface area contributed by atoms with Crippen molar-refractivity contribution in [3.63, 3.8) is 0 Å². The van der Waals surface area contributed by atoms with E-state index in [0.29, 0.717) is 0 Å². The zero-order valence-corrected chi connectivity index (χ0v) is 21.9. The van der Waals surface area contributed by atoms with Gasteiger partial charge in [-0.3, -0.25) is 9.59 Å². The number of aliphatic hydroxyl groups is 1. The first-order valence-corrected chi connectivity index (χ1v) is 12.7. The number of rotatable bonds is 8. The average Bonchev–Trinajstić information content (AvgIpc) is 3.44. The molecule has 3 N–H and O–H groups in total. The van der Waals surface area contributed by atoms with E-state index < -0.39 is 35.6 Å². The summed E-state index contributed by atoms with van der Waals surface area (Å²) in [6.45, 7) is 11.2. The van der Waals surface area contributed by atoms with Gasteiger partial charge in [0, 0.05) is 19.5 Å². The Labute approximate surface area is 215 Å². The molecule has 3 amide bonds. The Kier molecular flexibility index (Phi) is 8.86. The molecule has 0 aliphatic carbocycles. The topological polar surface area (TPSA) is 121 Å². The zero-order chi connectivity index (χ0) is 26.5. The highest BCUT2D eigenvalue weighted by Crippen LogP contribution is 2.28. The molecule has 0 spiro atoms. The zero-order valence-electron chi connectivity index (χ0n) is 21.1. The van der Waals surface area contributed by atoms with E-state index >= 15 is 0 Å². The van der Waals surface area contributed by atoms with Crippen molar-refractivity contribution in [2.45, 2.75) is 58.8 Å². The molecule has 9 nitrogen and oxygen atoms in total. The number of aromatic nitrogens is 1. The summed E-state index contributed by atoms with van der Waals surface area (Å²) >= 11 is 1.58. The van der Waals surface area contributed by atoms with Crippen LogP contribution in [0, 0.1) is 12.3 Å². The quantitative estimate of drug-likeness (QED) is 0.466. The average molecular weight is 515 g/mol. The van der Waals surface area contributed by atoms with E-state index in [0.717, 1.165) is 21.7 Å². The number of hydrogen-bond donors (Lipinski definition) is 3. The highest BCUT2D eigenvalue weighted by atomic mass is 32.1. The Morgan fingerprint density at radius 1 is 1.31 bits per heavy atom. The number of ether oxygens (including phenoxy) is 1. The largest absolute Gasteiger partial charge is 0.445 e. The highest BCUT2D eigenvalue weighted by molar-refractivity contribution is 7.13. The van der Waals surface area contributed by atoms with Crippen LogP contribution < -0.4 is 10.6 Å². The molecule has 194 valence electrons. The van der Waals surface area contributed by atoms with Gasteiger partial charge in [-0.25, -0.2) is 9.78 Å². The molecule has 1 aliphatic heterocycles. The third-order valence-electron chi connectivity index (χ3n) is 6.00. The Morgan fingerprint density at radius 3 is 2.58 bits per heavy atom. The number of carbonyl (C=O) groups is 3. The van der Waals surface area contributed by atoms with E-state index in [1.54, 1.807) is 11.3 Å². The van der Waals surface area contributed by atoms with Gasteiger partial charge in [0.2, 0.25) is 11.8 Å². The van der Waals surface area contributed by atoms with Gasteiger partial charge in [0.1, 0.15) is 18.7 Å². The predicted molar refractivity (Wildman–Crippen MR) is 138 cm³/mol. The second-order valence-electron chi connectivity index (χ2n) is 9.91. The predicted octanol–water partition coefficient (Wildman–Crippen LogP) is 3.02. The van der Waals surface area contributed by atoms with Crippen LogP contribution in [-0.2, 0) is 20.9 Å². The van der Waals surface area contributed by atoms with Crippen LogP contribution in [0.15, 0.2) is 42.4 Å². The lowest BCUT2D eigenvalue weighted by molar-refractivity contribution is -0.142. The van der Waals surface area contributed by atoms with E-state index in [1.165, 1.54) is 11.0 Å². The molecule has 0 bridgehead atoms. The van der Waals surface area contributed by atoms with Crippen LogP contribution in [0.3, 0.4) is 0 Å². The van der Waals surface area contributed by atoms with E-state index in [9.17, 15) is 19.5 Å². The number of benzene rings is 1. The number of β-amino-alcohol motifs (C(OH)–C–C–N with tert-alkyl or cyclic N) is 1. The summed E-state index contributed by atoms with van der Waals surface area (Å²) in [6.07, 6.45) is -0.0294. The van der Waals surface area contributed by atoms with E-state index in [1.807, 2.05) is 57.5 Å². The first kappa shape index (κ1) is 27.3. The molecule has 36 heavy (non-hydrogen) atoms. The maximum Gasteiger partial charge on any atom is 0.408 e. The van der Waals surface area contributed by atoms with Crippen LogP contribution in [0.5, 0.6) is 0 Å². The summed E-state index contributed by atoms with van der Waals surface area (Å²) < 4.78 is 4.98. The minimum absolute atomic E-state index is 0.00907. The normalized spacial score (nSPS) is 18.4. The molecule has 0 unspecified atom stereocenters. The van der Waals surface area contributed by atoms with E-state index in [4.69, 9.17) is 4.74 Å². The monoisotopic (exact) mass is 514 g/mol. The number of thiazole rings is 1. The van der Waals surface area contributed by atoms with Crippen LogP contribution in [0.25, 0.3) is 10.4 Å². The van der Waals surface area contributed by atoms with Crippen molar-refractivity contribution in [3.8, 4) is 10.4 Å². The van der Waals surface area contributed by atoms with Gasteiger partial charge >= 0.3 is 6.09 Å². The fourth-order valence-electron chi connectivity index (χ4n) is 4.07. The highest BCUT2D eigenvalue weighted by Gasteiger charge is 2.44. The number of aliphatic hydroxyl groups excluding tert-OH is 1. The van der Waals surface area contributed by atoms with Crippen molar-refractivity contribution >= 4 is 29.2 Å². The van der Waals surface area contributed by atoms with Gasteiger partial charge in [0.05, 0.1) is 22.2 Å². The van der Waals surface area contributed by atoms with Gasteiger partial charge in [-0.15, -0.1) is 11.3 Å². The Balaban J connectivity index is 1.66. The maximum atomic E-state index is 13.5. The van der Waals surface area contributed by atoms with Crippen LogP contribution in [0.4, 0.5) is 4.79 Å². The number of aryl methyl sites for hydroxylation is 1. The number of nitrogens with one attached hydrogen (secondary N) is 2. The van der Waals surface area contributed by atoms with Gasteiger partial charge in [-0.2, -0.15) is 0 Å². The van der Waals surface area contributed by atoms with Gasteiger partial charge < -0.3 is 25.4 Å². The third kappa shape index (κ3) is 6.70. The number of carbonyl (C=O) groups excluding carboxylic acids is 3. The van der Waals surface area contributed by atoms with Crippen molar-refractivity contribution < 1.29 is 24.2 Å². The molecule has 0 radical (unpaired) electrons. The summed E-state index contributed by atoms with van der Waals surface area (Å²) in [5.41, 5.74) is 4.10. The molecule has 2 heterocycles. The molecule has 1 aliphatic rings. The lowest BCUT2D eigenvalue weighted by atomic mass is 9.85. The molecule has 1 saturated heterocycles. The van der Waals surface area contributed by atoms with Crippen LogP contribution in [-0.4, -0.2) is 64.2 Å². The second kappa shape index (κ2) is 11.7. The van der Waals surface area contributed by atoms with E-state index in [-0.39, 0.29) is 32.0 Å². The SMILES string of the molecule is C=CCOC(=O)N[C@H](C(=O)N1C[C@H](O)C[C@H]1C(=O)NCc1ccc(-c2scnc2C)cc1)C(C)(C)C. The van der Waals surface area contributed by atoms with Crippen molar-refractivity contribution in [2.75, 3.05) is 13.2 Å². The van der Waals surface area contributed by atoms with Crippen LogP contribution in [0.2, 0.25) is 0 Å². The summed E-state index contributed by atoms with van der Waals surface area (Å²) in [5.74, 6) is -0.803. The van der Waals surface area contributed by atoms with Crippen molar-refractivity contribution in [1.82, 2.24) is 20.5 Å². The maximum absolute atomic E-state index is 13.5. The van der Waals surface area contributed by atoms with Crippen LogP contribution in [0.1, 0.15) is 38.4 Å². The summed E-state index contributed by atoms with van der Waals surface area (Å²) in [5, 5.41) is 15.8. The first-order valence-electron chi connectivity index (χ1n) is 11.8. The molecule has 10 heteroatoms. The number of hydrogen-bond acceptors (Lipinski definition) is 7. The fraction of sp³-hybridized carbons (Fsp3) is 0.462. The molecule has 1 aromatic carbocycles. The Morgan fingerprint density at radius 2 is 2.00 bits per heavy atom. The summed E-state index contributed by atoms with van der Waals surface area (Å²) in [6, 6.07) is 6.07. The smallest absolute Gasteiger partial charge is 0.408 e. The molecule has 1 aromatic heterocycles. The van der Waals surface area contributed by atoms with Gasteiger partial charge in [-0.1, -0.05) is 57.7 Å². The lowest BCUT2D eigenvalue weighted by Gasteiger charge is -2.35. The molecular weight excluding hydrogens is 480 g/mol. The number of likely N-dealkylation sites (tertiary alicyclic amines) is 1. The fourth-order valence-corrected chi connectivity index (χ4v) is 4.89.